The molecule has 6 nitrogen and oxygen atoms in total. The molecule has 154 valence electrons. The first kappa shape index (κ1) is 22.7. The first-order valence-corrected chi connectivity index (χ1v) is 9.36. The number of aliphatic imine (C=N–C) groups is 1. The van der Waals surface area contributed by atoms with Crippen molar-refractivity contribution in [1.82, 2.24) is 15.6 Å². The second kappa shape index (κ2) is 12.1. The molecule has 0 atom stereocenters. The Labute approximate surface area is 188 Å². The summed E-state index contributed by atoms with van der Waals surface area (Å²) in [6, 6.07) is 18.0. The molecule has 0 aliphatic heterocycles. The van der Waals surface area contributed by atoms with Gasteiger partial charge in [-0.05, 0) is 42.7 Å². The lowest BCUT2D eigenvalue weighted by Crippen LogP contribution is -2.37. The van der Waals surface area contributed by atoms with Crippen molar-refractivity contribution in [3.63, 3.8) is 0 Å². The van der Waals surface area contributed by atoms with Crippen molar-refractivity contribution in [3.8, 4) is 17.2 Å². The largest absolute Gasteiger partial charge is 0.497 e. The Hall–Kier alpha value is -2.55. The molecule has 0 saturated carbocycles. The third-order valence-electron chi connectivity index (χ3n) is 4.30. The van der Waals surface area contributed by atoms with Crippen LogP contribution in [0.25, 0.3) is 11.5 Å². The first-order valence-electron chi connectivity index (χ1n) is 9.36. The maximum atomic E-state index is 5.56. The SMILES string of the molecule is CN=C(NCCCc1cccc(OC)c1)NCc1coc(-c2ccccc2)n1.I. The fourth-order valence-electron chi connectivity index (χ4n) is 2.82. The van der Waals surface area contributed by atoms with Gasteiger partial charge in [0, 0.05) is 19.2 Å². The monoisotopic (exact) mass is 506 g/mol. The number of nitrogens with zero attached hydrogens (tertiary/aromatic N) is 2. The van der Waals surface area contributed by atoms with Crippen LogP contribution in [0, 0.1) is 0 Å². The zero-order chi connectivity index (χ0) is 19.6. The van der Waals surface area contributed by atoms with Crippen LogP contribution in [0.15, 0.2) is 70.3 Å². The van der Waals surface area contributed by atoms with Crippen LogP contribution < -0.4 is 15.4 Å². The second-order valence-electron chi connectivity index (χ2n) is 6.32. The molecule has 2 N–H and O–H groups in total. The summed E-state index contributed by atoms with van der Waals surface area (Å²) in [5.41, 5.74) is 3.06. The van der Waals surface area contributed by atoms with Gasteiger partial charge < -0.3 is 19.8 Å². The highest BCUT2D eigenvalue weighted by molar-refractivity contribution is 14.0. The summed E-state index contributed by atoms with van der Waals surface area (Å²) < 4.78 is 10.8. The Morgan fingerprint density at radius 3 is 2.69 bits per heavy atom. The number of aryl methyl sites for hydroxylation is 1. The Kier molecular flexibility index (Phi) is 9.49. The van der Waals surface area contributed by atoms with Gasteiger partial charge in [-0.1, -0.05) is 30.3 Å². The van der Waals surface area contributed by atoms with Crippen LogP contribution in [0.4, 0.5) is 0 Å². The molecule has 0 amide bonds. The van der Waals surface area contributed by atoms with Crippen molar-refractivity contribution in [2.24, 2.45) is 4.99 Å². The third-order valence-corrected chi connectivity index (χ3v) is 4.30. The predicted octanol–water partition coefficient (Wildman–Crippen LogP) is 4.27. The average molecular weight is 506 g/mol. The van der Waals surface area contributed by atoms with E-state index in [1.807, 2.05) is 42.5 Å². The first-order chi connectivity index (χ1) is 13.8. The van der Waals surface area contributed by atoms with Crippen LogP contribution in [0.5, 0.6) is 5.75 Å². The molecule has 0 aliphatic carbocycles. The molecule has 3 rings (SSSR count). The minimum atomic E-state index is 0. The van der Waals surface area contributed by atoms with Crippen LogP contribution in [-0.2, 0) is 13.0 Å². The fraction of sp³-hybridized carbons (Fsp3) is 0.273. The van der Waals surface area contributed by atoms with Gasteiger partial charge in [-0.25, -0.2) is 4.98 Å². The fourth-order valence-corrected chi connectivity index (χ4v) is 2.82. The lowest BCUT2D eigenvalue weighted by molar-refractivity contribution is 0.414. The Morgan fingerprint density at radius 1 is 1.10 bits per heavy atom. The molecule has 1 heterocycles. The van der Waals surface area contributed by atoms with Crippen LogP contribution in [-0.4, -0.2) is 31.6 Å². The second-order valence-corrected chi connectivity index (χ2v) is 6.32. The zero-order valence-electron chi connectivity index (χ0n) is 16.7. The van der Waals surface area contributed by atoms with E-state index < -0.39 is 0 Å². The van der Waals surface area contributed by atoms with E-state index in [2.05, 4.69) is 32.7 Å². The van der Waals surface area contributed by atoms with E-state index >= 15 is 0 Å². The van der Waals surface area contributed by atoms with Gasteiger partial charge in [-0.2, -0.15) is 0 Å². The minimum Gasteiger partial charge on any atom is -0.497 e. The van der Waals surface area contributed by atoms with Crippen LogP contribution in [0.2, 0.25) is 0 Å². The number of hydrogen-bond donors (Lipinski definition) is 2. The number of oxazole rings is 1. The number of hydrogen-bond acceptors (Lipinski definition) is 4. The summed E-state index contributed by atoms with van der Waals surface area (Å²) in [5, 5.41) is 6.59. The van der Waals surface area contributed by atoms with Crippen LogP contribution in [0.1, 0.15) is 17.7 Å². The average Bonchev–Trinajstić information content (AvgIpc) is 3.23. The molecule has 29 heavy (non-hydrogen) atoms. The van der Waals surface area contributed by atoms with E-state index in [4.69, 9.17) is 9.15 Å². The van der Waals surface area contributed by atoms with Crippen molar-refractivity contribution in [2.75, 3.05) is 20.7 Å². The highest BCUT2D eigenvalue weighted by Gasteiger charge is 2.07. The predicted molar refractivity (Wildman–Crippen MR) is 127 cm³/mol. The lowest BCUT2D eigenvalue weighted by Gasteiger charge is -2.11. The van der Waals surface area contributed by atoms with E-state index in [1.165, 1.54) is 5.56 Å². The highest BCUT2D eigenvalue weighted by Crippen LogP contribution is 2.17. The smallest absolute Gasteiger partial charge is 0.226 e. The number of aromatic nitrogens is 1. The topological polar surface area (TPSA) is 71.7 Å². The number of ether oxygens (including phenoxy) is 1. The van der Waals surface area contributed by atoms with Crippen molar-refractivity contribution in [1.29, 1.82) is 0 Å². The highest BCUT2D eigenvalue weighted by atomic mass is 127. The quantitative estimate of drug-likeness (QED) is 0.207. The van der Waals surface area contributed by atoms with Gasteiger partial charge in [-0.3, -0.25) is 4.99 Å². The van der Waals surface area contributed by atoms with Gasteiger partial charge in [0.25, 0.3) is 0 Å². The molecule has 3 aromatic rings. The molecule has 1 aromatic heterocycles. The third kappa shape index (κ3) is 7.08. The molecule has 0 aliphatic rings. The van der Waals surface area contributed by atoms with E-state index in [-0.39, 0.29) is 24.0 Å². The van der Waals surface area contributed by atoms with E-state index in [0.717, 1.165) is 42.4 Å². The molecule has 2 aromatic carbocycles. The summed E-state index contributed by atoms with van der Waals surface area (Å²) in [6.45, 7) is 1.37. The maximum absolute atomic E-state index is 5.56. The normalized spacial score (nSPS) is 10.9. The summed E-state index contributed by atoms with van der Waals surface area (Å²) >= 11 is 0. The standard InChI is InChI=1S/C22H26N4O2.HI/c1-23-22(24-13-7-9-17-8-6-12-20(14-17)27-2)25-15-19-16-28-21(26-19)18-10-4-3-5-11-18;/h3-6,8,10-12,14,16H,7,9,13,15H2,1-2H3,(H2,23,24,25);1H. The molecular weight excluding hydrogens is 479 g/mol. The lowest BCUT2D eigenvalue weighted by atomic mass is 10.1. The molecule has 7 heteroatoms. The molecule has 0 unspecified atom stereocenters. The number of nitrogens with one attached hydrogen (secondary N) is 2. The molecule has 0 spiro atoms. The molecular formula is C22H27IN4O2. The van der Waals surface area contributed by atoms with E-state index in [9.17, 15) is 0 Å². The van der Waals surface area contributed by atoms with Gasteiger partial charge in [0.15, 0.2) is 5.96 Å². The number of methoxy groups -OCH3 is 1. The number of guanidine groups is 1. The van der Waals surface area contributed by atoms with Gasteiger partial charge in [0.2, 0.25) is 5.89 Å². The minimum absolute atomic E-state index is 0. The summed E-state index contributed by atoms with van der Waals surface area (Å²) in [6.07, 6.45) is 3.65. The zero-order valence-corrected chi connectivity index (χ0v) is 19.1. The van der Waals surface area contributed by atoms with Gasteiger partial charge in [-0.15, -0.1) is 24.0 Å². The van der Waals surface area contributed by atoms with Crippen molar-refractivity contribution in [2.45, 2.75) is 19.4 Å². The van der Waals surface area contributed by atoms with Gasteiger partial charge in [0.05, 0.1) is 19.3 Å². The molecule has 0 saturated heterocycles. The number of halogens is 1. The summed E-state index contributed by atoms with van der Waals surface area (Å²) in [4.78, 5) is 8.77. The van der Waals surface area contributed by atoms with Gasteiger partial charge >= 0.3 is 0 Å². The molecule has 0 radical (unpaired) electrons. The van der Waals surface area contributed by atoms with Gasteiger partial charge in [0.1, 0.15) is 12.0 Å². The summed E-state index contributed by atoms with van der Waals surface area (Å²) in [5.74, 6) is 2.26. The number of benzene rings is 2. The van der Waals surface area contributed by atoms with E-state index in [0.29, 0.717) is 12.4 Å². The van der Waals surface area contributed by atoms with Crippen molar-refractivity contribution in [3.05, 3.63) is 72.1 Å². The van der Waals surface area contributed by atoms with Crippen molar-refractivity contribution >= 4 is 29.9 Å². The maximum Gasteiger partial charge on any atom is 0.226 e. The Balaban J connectivity index is 0.00000300. The number of rotatable bonds is 8. The molecule has 0 bridgehead atoms. The Bertz CT molecular complexity index is 897. The Morgan fingerprint density at radius 2 is 1.93 bits per heavy atom. The molecule has 0 fully saturated rings. The summed E-state index contributed by atoms with van der Waals surface area (Å²) in [7, 11) is 3.45. The van der Waals surface area contributed by atoms with E-state index in [1.54, 1.807) is 20.4 Å². The van der Waals surface area contributed by atoms with Crippen LogP contribution in [0.3, 0.4) is 0 Å². The van der Waals surface area contributed by atoms with Crippen LogP contribution >= 0.6 is 24.0 Å². The van der Waals surface area contributed by atoms with Crippen molar-refractivity contribution < 1.29 is 9.15 Å².